The SMILES string of the molecule is COc1cc(C=CC(=O)NC2(C(=O)O)CCCCC2)ccc1OCc1ccc(F)cc1. The monoisotopic (exact) mass is 427 g/mol. The summed E-state index contributed by atoms with van der Waals surface area (Å²) in [7, 11) is 1.51. The zero-order valence-electron chi connectivity index (χ0n) is 17.4. The summed E-state index contributed by atoms with van der Waals surface area (Å²) in [5.74, 6) is -0.739. The lowest BCUT2D eigenvalue weighted by Gasteiger charge is -2.33. The van der Waals surface area contributed by atoms with E-state index in [1.54, 1.807) is 36.4 Å². The Kier molecular flexibility index (Phi) is 7.28. The van der Waals surface area contributed by atoms with E-state index in [2.05, 4.69) is 5.32 Å². The van der Waals surface area contributed by atoms with Crippen LogP contribution in [0.3, 0.4) is 0 Å². The third-order valence-corrected chi connectivity index (χ3v) is 5.40. The number of aliphatic carboxylic acids is 1. The van der Waals surface area contributed by atoms with Gasteiger partial charge < -0.3 is 19.9 Å². The summed E-state index contributed by atoms with van der Waals surface area (Å²) < 4.78 is 24.1. The number of halogens is 1. The minimum absolute atomic E-state index is 0.255. The average Bonchev–Trinajstić information content (AvgIpc) is 2.78. The van der Waals surface area contributed by atoms with Crippen LogP contribution in [0.15, 0.2) is 48.5 Å². The van der Waals surface area contributed by atoms with Gasteiger partial charge in [-0.25, -0.2) is 9.18 Å². The summed E-state index contributed by atoms with van der Waals surface area (Å²) >= 11 is 0. The number of ether oxygens (including phenoxy) is 2. The van der Waals surface area contributed by atoms with Crippen LogP contribution in [0.5, 0.6) is 11.5 Å². The largest absolute Gasteiger partial charge is 0.493 e. The molecule has 164 valence electrons. The van der Waals surface area contributed by atoms with Gasteiger partial charge in [-0.15, -0.1) is 0 Å². The van der Waals surface area contributed by atoms with Crippen molar-refractivity contribution >= 4 is 18.0 Å². The Morgan fingerprint density at radius 3 is 2.45 bits per heavy atom. The van der Waals surface area contributed by atoms with Gasteiger partial charge in [0.05, 0.1) is 7.11 Å². The van der Waals surface area contributed by atoms with Crippen LogP contribution in [0.25, 0.3) is 6.08 Å². The van der Waals surface area contributed by atoms with E-state index in [1.807, 2.05) is 0 Å². The molecule has 2 aromatic rings. The zero-order valence-corrected chi connectivity index (χ0v) is 17.4. The van der Waals surface area contributed by atoms with Gasteiger partial charge in [0.25, 0.3) is 0 Å². The molecule has 0 bridgehead atoms. The number of methoxy groups -OCH3 is 1. The first-order valence-corrected chi connectivity index (χ1v) is 10.2. The summed E-state index contributed by atoms with van der Waals surface area (Å²) in [6, 6.07) is 11.2. The molecule has 6 nitrogen and oxygen atoms in total. The number of carboxylic acids is 1. The molecule has 2 aromatic carbocycles. The molecule has 3 rings (SSSR count). The molecule has 0 saturated heterocycles. The fraction of sp³-hybridized carbons (Fsp3) is 0.333. The predicted octanol–water partition coefficient (Wildman–Crippen LogP) is 4.33. The van der Waals surface area contributed by atoms with Crippen LogP contribution in [-0.4, -0.2) is 29.6 Å². The fourth-order valence-electron chi connectivity index (χ4n) is 3.65. The summed E-state index contributed by atoms with van der Waals surface area (Å²) in [6.07, 6.45) is 6.36. The first kappa shape index (κ1) is 22.3. The zero-order chi connectivity index (χ0) is 22.3. The van der Waals surface area contributed by atoms with Gasteiger partial charge in [0, 0.05) is 6.08 Å². The fourth-order valence-corrected chi connectivity index (χ4v) is 3.65. The Morgan fingerprint density at radius 1 is 1.10 bits per heavy atom. The van der Waals surface area contributed by atoms with E-state index in [-0.39, 0.29) is 12.4 Å². The van der Waals surface area contributed by atoms with Crippen molar-refractivity contribution < 1.29 is 28.6 Å². The van der Waals surface area contributed by atoms with Crippen molar-refractivity contribution in [3.05, 3.63) is 65.5 Å². The standard InChI is InChI=1S/C24H26FNO5/c1-30-21-15-17(7-11-20(21)31-16-18-5-9-19(25)10-6-18)8-12-22(27)26-24(23(28)29)13-3-2-4-14-24/h5-12,15H,2-4,13-14,16H2,1H3,(H,26,27)(H,28,29). The molecule has 1 saturated carbocycles. The quantitative estimate of drug-likeness (QED) is 0.613. The number of hydrogen-bond donors (Lipinski definition) is 2. The van der Waals surface area contributed by atoms with Crippen LogP contribution < -0.4 is 14.8 Å². The Balaban J connectivity index is 1.64. The van der Waals surface area contributed by atoms with Gasteiger partial charge in [-0.05, 0) is 54.3 Å². The maximum atomic E-state index is 13.0. The molecule has 2 N–H and O–H groups in total. The van der Waals surface area contributed by atoms with Crippen molar-refractivity contribution in [3.8, 4) is 11.5 Å². The van der Waals surface area contributed by atoms with Gasteiger partial charge in [-0.1, -0.05) is 37.5 Å². The molecule has 0 atom stereocenters. The summed E-state index contributed by atoms with van der Waals surface area (Å²) in [5, 5.41) is 12.3. The number of carbonyl (C=O) groups excluding carboxylic acids is 1. The second kappa shape index (κ2) is 10.1. The summed E-state index contributed by atoms with van der Waals surface area (Å²) in [4.78, 5) is 24.1. The molecule has 0 unspecified atom stereocenters. The maximum absolute atomic E-state index is 13.0. The normalized spacial score (nSPS) is 15.4. The van der Waals surface area contributed by atoms with Crippen LogP contribution in [0.4, 0.5) is 4.39 Å². The van der Waals surface area contributed by atoms with Crippen molar-refractivity contribution in [1.29, 1.82) is 0 Å². The Hall–Kier alpha value is -3.35. The van der Waals surface area contributed by atoms with Crippen molar-refractivity contribution in [3.63, 3.8) is 0 Å². The molecule has 0 aromatic heterocycles. The van der Waals surface area contributed by atoms with Gasteiger partial charge in [0.2, 0.25) is 5.91 Å². The van der Waals surface area contributed by atoms with Gasteiger partial charge in [-0.2, -0.15) is 0 Å². The average molecular weight is 427 g/mol. The minimum atomic E-state index is -1.19. The van der Waals surface area contributed by atoms with Crippen molar-refractivity contribution in [2.45, 2.75) is 44.2 Å². The molecule has 1 aliphatic carbocycles. The molecular weight excluding hydrogens is 401 g/mol. The van der Waals surface area contributed by atoms with Gasteiger partial charge in [0.15, 0.2) is 11.5 Å². The van der Waals surface area contributed by atoms with E-state index >= 15 is 0 Å². The molecular formula is C24H26FNO5. The van der Waals surface area contributed by atoms with Crippen LogP contribution in [-0.2, 0) is 16.2 Å². The topological polar surface area (TPSA) is 84.9 Å². The van der Waals surface area contributed by atoms with Crippen LogP contribution in [0.2, 0.25) is 0 Å². The number of carboxylic acid groups (broad SMARTS) is 1. The summed E-state index contributed by atoms with van der Waals surface area (Å²) in [6.45, 7) is 0.255. The van der Waals surface area contributed by atoms with E-state index in [9.17, 15) is 19.1 Å². The van der Waals surface area contributed by atoms with Crippen LogP contribution >= 0.6 is 0 Å². The predicted molar refractivity (Wildman–Crippen MR) is 114 cm³/mol. The molecule has 7 heteroatoms. The number of hydrogen-bond acceptors (Lipinski definition) is 4. The lowest BCUT2D eigenvalue weighted by Crippen LogP contribution is -2.55. The van der Waals surface area contributed by atoms with E-state index in [4.69, 9.17) is 9.47 Å². The molecule has 1 amide bonds. The Labute approximate surface area is 180 Å². The molecule has 0 spiro atoms. The van der Waals surface area contributed by atoms with Crippen molar-refractivity contribution in [1.82, 2.24) is 5.32 Å². The molecule has 0 aliphatic heterocycles. The smallest absolute Gasteiger partial charge is 0.329 e. The minimum Gasteiger partial charge on any atom is -0.493 e. The van der Waals surface area contributed by atoms with Crippen LogP contribution in [0.1, 0.15) is 43.2 Å². The highest BCUT2D eigenvalue weighted by Gasteiger charge is 2.40. The van der Waals surface area contributed by atoms with Crippen molar-refractivity contribution in [2.24, 2.45) is 0 Å². The number of nitrogens with one attached hydrogen (secondary N) is 1. The number of carbonyl (C=O) groups is 2. The second-order valence-electron chi connectivity index (χ2n) is 7.60. The van der Waals surface area contributed by atoms with E-state index in [0.29, 0.717) is 29.9 Å². The van der Waals surface area contributed by atoms with E-state index in [0.717, 1.165) is 24.8 Å². The first-order valence-electron chi connectivity index (χ1n) is 10.2. The van der Waals surface area contributed by atoms with E-state index in [1.165, 1.54) is 25.3 Å². The van der Waals surface area contributed by atoms with Crippen molar-refractivity contribution in [2.75, 3.05) is 7.11 Å². The number of benzene rings is 2. The molecule has 0 radical (unpaired) electrons. The Morgan fingerprint density at radius 2 is 1.81 bits per heavy atom. The molecule has 1 fully saturated rings. The summed E-state index contributed by atoms with van der Waals surface area (Å²) in [5.41, 5.74) is 0.336. The highest BCUT2D eigenvalue weighted by molar-refractivity contribution is 5.95. The third-order valence-electron chi connectivity index (χ3n) is 5.40. The van der Waals surface area contributed by atoms with Crippen LogP contribution in [0, 0.1) is 5.82 Å². The lowest BCUT2D eigenvalue weighted by molar-refractivity contribution is -0.148. The molecule has 0 heterocycles. The van der Waals surface area contributed by atoms with Gasteiger partial charge in [-0.3, -0.25) is 4.79 Å². The highest BCUT2D eigenvalue weighted by Crippen LogP contribution is 2.30. The third kappa shape index (κ3) is 5.84. The second-order valence-corrected chi connectivity index (χ2v) is 7.60. The Bertz CT molecular complexity index is 949. The molecule has 31 heavy (non-hydrogen) atoms. The van der Waals surface area contributed by atoms with E-state index < -0.39 is 17.4 Å². The number of rotatable bonds is 8. The van der Waals surface area contributed by atoms with Gasteiger partial charge in [0.1, 0.15) is 18.0 Å². The lowest BCUT2D eigenvalue weighted by atomic mass is 9.81. The highest BCUT2D eigenvalue weighted by atomic mass is 19.1. The number of amides is 1. The maximum Gasteiger partial charge on any atom is 0.329 e. The van der Waals surface area contributed by atoms with Gasteiger partial charge >= 0.3 is 5.97 Å². The molecule has 1 aliphatic rings. The first-order chi connectivity index (χ1) is 14.9.